The molecule has 16 heavy (non-hydrogen) atoms. The molecule has 2 N–H and O–H groups in total. The number of hydrogen-bond donors (Lipinski definition) is 1. The first kappa shape index (κ1) is 11.5. The van der Waals surface area contributed by atoms with Crippen molar-refractivity contribution in [1.82, 2.24) is 4.57 Å². The molecule has 1 atom stereocenters. The third-order valence-electron chi connectivity index (χ3n) is 2.90. The first-order valence-corrected chi connectivity index (χ1v) is 5.95. The number of nitrogens with two attached hydrogens (primary N) is 1. The highest BCUT2D eigenvalue weighted by Crippen LogP contribution is 2.25. The van der Waals surface area contributed by atoms with Crippen molar-refractivity contribution < 1.29 is 0 Å². The summed E-state index contributed by atoms with van der Waals surface area (Å²) in [6, 6.07) is 6.29. The van der Waals surface area contributed by atoms with Crippen molar-refractivity contribution in [2.45, 2.75) is 25.8 Å². The van der Waals surface area contributed by atoms with Gasteiger partial charge >= 0.3 is 0 Å². The Kier molecular flexibility index (Phi) is 3.22. The molecule has 1 aromatic carbocycles. The molecule has 2 rings (SSSR count). The summed E-state index contributed by atoms with van der Waals surface area (Å²) in [6.07, 6.45) is 4.21. The van der Waals surface area contributed by atoms with Gasteiger partial charge in [0.2, 0.25) is 0 Å². The van der Waals surface area contributed by atoms with Crippen LogP contribution < -0.4 is 5.73 Å². The number of aryl methyl sites for hydroxylation is 2. The minimum absolute atomic E-state index is 0.252. The normalized spacial score (nSPS) is 13.2. The fourth-order valence-corrected chi connectivity index (χ4v) is 2.19. The van der Waals surface area contributed by atoms with Crippen LogP contribution >= 0.6 is 11.6 Å². The molecule has 3 heteroatoms. The molecule has 0 fully saturated rings. The molecular weight excluding hydrogens is 220 g/mol. The van der Waals surface area contributed by atoms with Crippen LogP contribution in [-0.4, -0.2) is 10.6 Å². The van der Waals surface area contributed by atoms with Gasteiger partial charge in [0.1, 0.15) is 0 Å². The lowest BCUT2D eigenvalue weighted by Crippen LogP contribution is -2.15. The molecule has 2 aromatic rings. The Hall–Kier alpha value is -0.990. The van der Waals surface area contributed by atoms with Gasteiger partial charge in [0, 0.05) is 35.2 Å². The molecule has 0 amide bonds. The molecular formula is C13H17ClN2. The van der Waals surface area contributed by atoms with Crippen LogP contribution in [0, 0.1) is 0 Å². The summed E-state index contributed by atoms with van der Waals surface area (Å²) in [5, 5.41) is 2.07. The molecule has 0 bridgehead atoms. The minimum Gasteiger partial charge on any atom is -0.350 e. The minimum atomic E-state index is 0.252. The van der Waals surface area contributed by atoms with E-state index >= 15 is 0 Å². The van der Waals surface area contributed by atoms with Crippen LogP contribution in [0.3, 0.4) is 0 Å². The first-order chi connectivity index (χ1) is 7.58. The molecule has 0 spiro atoms. The van der Waals surface area contributed by atoms with Gasteiger partial charge in [-0.3, -0.25) is 0 Å². The van der Waals surface area contributed by atoms with E-state index in [0.29, 0.717) is 0 Å². The molecule has 0 aliphatic carbocycles. The maximum atomic E-state index is 5.99. The maximum Gasteiger partial charge on any atom is 0.0495 e. The van der Waals surface area contributed by atoms with E-state index < -0.39 is 0 Å². The van der Waals surface area contributed by atoms with E-state index in [1.807, 2.05) is 26.1 Å². The summed E-state index contributed by atoms with van der Waals surface area (Å²) in [6.45, 7) is 2.04. The second kappa shape index (κ2) is 4.48. The molecule has 1 unspecified atom stereocenters. The van der Waals surface area contributed by atoms with E-state index in [-0.39, 0.29) is 6.04 Å². The van der Waals surface area contributed by atoms with Crippen molar-refractivity contribution in [3.63, 3.8) is 0 Å². The summed E-state index contributed by atoms with van der Waals surface area (Å²) >= 11 is 5.99. The van der Waals surface area contributed by atoms with Gasteiger partial charge in [-0.25, -0.2) is 0 Å². The Labute approximate surface area is 101 Å². The maximum absolute atomic E-state index is 5.99. The predicted molar refractivity (Wildman–Crippen MR) is 69.9 cm³/mol. The van der Waals surface area contributed by atoms with Crippen LogP contribution in [-0.2, 0) is 13.5 Å². The Balaban J connectivity index is 2.39. The Bertz CT molecular complexity index is 500. The van der Waals surface area contributed by atoms with Gasteiger partial charge in [-0.1, -0.05) is 17.7 Å². The smallest absolute Gasteiger partial charge is 0.0495 e. The van der Waals surface area contributed by atoms with Gasteiger partial charge in [-0.15, -0.1) is 0 Å². The summed E-state index contributed by atoms with van der Waals surface area (Å²) in [4.78, 5) is 0. The Morgan fingerprint density at radius 2 is 2.19 bits per heavy atom. The van der Waals surface area contributed by atoms with Crippen molar-refractivity contribution in [2.75, 3.05) is 0 Å². The van der Waals surface area contributed by atoms with Crippen molar-refractivity contribution in [1.29, 1.82) is 0 Å². The highest BCUT2D eigenvalue weighted by molar-refractivity contribution is 6.31. The quantitative estimate of drug-likeness (QED) is 0.872. The van der Waals surface area contributed by atoms with Crippen molar-refractivity contribution in [2.24, 2.45) is 12.8 Å². The first-order valence-electron chi connectivity index (χ1n) is 5.57. The standard InChI is InChI=1S/C13H17ClN2/c1-9(15)3-4-10-8-16(2)13-7-11(14)5-6-12(10)13/h5-9H,3-4,15H2,1-2H3. The lowest BCUT2D eigenvalue weighted by molar-refractivity contribution is 0.667. The second-order valence-corrected chi connectivity index (χ2v) is 4.88. The Morgan fingerprint density at radius 3 is 2.88 bits per heavy atom. The largest absolute Gasteiger partial charge is 0.350 e. The molecule has 1 heterocycles. The van der Waals surface area contributed by atoms with Crippen molar-refractivity contribution >= 4 is 22.5 Å². The van der Waals surface area contributed by atoms with Gasteiger partial charge in [0.05, 0.1) is 0 Å². The van der Waals surface area contributed by atoms with Gasteiger partial charge in [0.15, 0.2) is 0 Å². The van der Waals surface area contributed by atoms with E-state index in [9.17, 15) is 0 Å². The van der Waals surface area contributed by atoms with Crippen LogP contribution in [0.2, 0.25) is 5.02 Å². The fourth-order valence-electron chi connectivity index (χ4n) is 2.02. The third-order valence-corrected chi connectivity index (χ3v) is 3.14. The second-order valence-electron chi connectivity index (χ2n) is 4.44. The van der Waals surface area contributed by atoms with Gasteiger partial charge in [0.25, 0.3) is 0 Å². The highest BCUT2D eigenvalue weighted by atomic mass is 35.5. The van der Waals surface area contributed by atoms with Crippen molar-refractivity contribution in [3.05, 3.63) is 35.0 Å². The van der Waals surface area contributed by atoms with Gasteiger partial charge in [-0.05, 0) is 37.5 Å². The monoisotopic (exact) mass is 236 g/mol. The molecule has 0 saturated carbocycles. The Morgan fingerprint density at radius 1 is 1.44 bits per heavy atom. The van der Waals surface area contributed by atoms with E-state index in [0.717, 1.165) is 17.9 Å². The molecule has 0 aliphatic rings. The zero-order valence-corrected chi connectivity index (χ0v) is 10.5. The number of benzene rings is 1. The number of aromatic nitrogens is 1. The summed E-state index contributed by atoms with van der Waals surface area (Å²) < 4.78 is 2.12. The summed E-state index contributed by atoms with van der Waals surface area (Å²) in [7, 11) is 2.05. The van der Waals surface area contributed by atoms with Crippen molar-refractivity contribution in [3.8, 4) is 0 Å². The molecule has 2 nitrogen and oxygen atoms in total. The van der Waals surface area contributed by atoms with Crippen LogP contribution in [0.5, 0.6) is 0 Å². The molecule has 1 aromatic heterocycles. The molecule has 0 aliphatic heterocycles. The number of nitrogens with zero attached hydrogens (tertiary/aromatic N) is 1. The average Bonchev–Trinajstić information content (AvgIpc) is 2.53. The fraction of sp³-hybridized carbons (Fsp3) is 0.385. The number of rotatable bonds is 3. The number of hydrogen-bond acceptors (Lipinski definition) is 1. The SMILES string of the molecule is CC(N)CCc1cn(C)c2cc(Cl)ccc12. The van der Waals surface area contributed by atoms with E-state index in [2.05, 4.69) is 16.8 Å². The van der Waals surface area contributed by atoms with Crippen LogP contribution in [0.15, 0.2) is 24.4 Å². The molecule has 0 radical (unpaired) electrons. The van der Waals surface area contributed by atoms with E-state index in [1.165, 1.54) is 16.5 Å². The van der Waals surface area contributed by atoms with Crippen LogP contribution in [0.4, 0.5) is 0 Å². The van der Waals surface area contributed by atoms with Crippen LogP contribution in [0.25, 0.3) is 10.9 Å². The zero-order chi connectivity index (χ0) is 11.7. The van der Waals surface area contributed by atoms with E-state index in [1.54, 1.807) is 0 Å². The van der Waals surface area contributed by atoms with E-state index in [4.69, 9.17) is 17.3 Å². The topological polar surface area (TPSA) is 30.9 Å². The molecule has 86 valence electrons. The number of halogens is 1. The third kappa shape index (κ3) is 2.23. The summed E-state index contributed by atoms with van der Waals surface area (Å²) in [5.74, 6) is 0. The zero-order valence-electron chi connectivity index (χ0n) is 9.70. The lowest BCUT2D eigenvalue weighted by atomic mass is 10.1. The summed E-state index contributed by atoms with van der Waals surface area (Å²) in [5.41, 5.74) is 8.33. The van der Waals surface area contributed by atoms with Gasteiger partial charge in [-0.2, -0.15) is 0 Å². The average molecular weight is 237 g/mol. The van der Waals surface area contributed by atoms with Crippen LogP contribution in [0.1, 0.15) is 18.9 Å². The van der Waals surface area contributed by atoms with Gasteiger partial charge < -0.3 is 10.3 Å². The number of fused-ring (bicyclic) bond motifs is 1. The molecule has 0 saturated heterocycles. The highest BCUT2D eigenvalue weighted by Gasteiger charge is 2.07. The lowest BCUT2D eigenvalue weighted by Gasteiger charge is -2.03. The predicted octanol–water partition coefficient (Wildman–Crippen LogP) is 3.11.